The van der Waals surface area contributed by atoms with Crippen LogP contribution in [0.25, 0.3) is 0 Å². The summed E-state index contributed by atoms with van der Waals surface area (Å²) in [4.78, 5) is 0. The average molecular weight is 236 g/mol. The Morgan fingerprint density at radius 2 is 2.06 bits per heavy atom. The van der Waals surface area contributed by atoms with Gasteiger partial charge in [-0.15, -0.1) is 0 Å². The molecule has 1 aliphatic rings. The van der Waals surface area contributed by atoms with Gasteiger partial charge in [-0.1, -0.05) is 0 Å². The van der Waals surface area contributed by atoms with Crippen LogP contribution in [0.5, 0.6) is 11.5 Å². The number of fused-ring (bicyclic) bond motifs is 1. The molecule has 1 aliphatic heterocycles. The van der Waals surface area contributed by atoms with Crippen LogP contribution < -0.4 is 20.5 Å². The molecular weight excluding hydrogens is 216 g/mol. The summed E-state index contributed by atoms with van der Waals surface area (Å²) in [6.45, 7) is 3.15. The highest BCUT2D eigenvalue weighted by atomic mass is 16.7. The first-order chi connectivity index (χ1) is 8.26. The fourth-order valence-corrected chi connectivity index (χ4v) is 2.21. The first-order valence-electron chi connectivity index (χ1n) is 6.03. The first kappa shape index (κ1) is 12.2. The van der Waals surface area contributed by atoms with Crippen molar-refractivity contribution in [3.05, 3.63) is 23.3 Å². The molecule has 1 aromatic rings. The molecule has 0 amide bonds. The van der Waals surface area contributed by atoms with Crippen LogP contribution in [0.3, 0.4) is 0 Å². The smallest absolute Gasteiger partial charge is 0.231 e. The molecule has 0 saturated carbocycles. The van der Waals surface area contributed by atoms with Crippen LogP contribution in [-0.2, 0) is 0 Å². The minimum atomic E-state index is 0.325. The Kier molecular flexibility index (Phi) is 3.86. The number of ether oxygens (including phenoxy) is 2. The predicted molar refractivity (Wildman–Crippen MR) is 67.4 cm³/mol. The third-order valence-corrected chi connectivity index (χ3v) is 3.18. The molecular formula is C13H20N2O2. The highest BCUT2D eigenvalue weighted by Gasteiger charge is 2.19. The Morgan fingerprint density at radius 3 is 2.71 bits per heavy atom. The van der Waals surface area contributed by atoms with Gasteiger partial charge in [0.2, 0.25) is 6.79 Å². The van der Waals surface area contributed by atoms with Crippen molar-refractivity contribution in [2.45, 2.75) is 25.8 Å². The van der Waals surface area contributed by atoms with Gasteiger partial charge in [0, 0.05) is 6.04 Å². The largest absolute Gasteiger partial charge is 0.454 e. The van der Waals surface area contributed by atoms with Gasteiger partial charge in [-0.3, -0.25) is 0 Å². The average Bonchev–Trinajstić information content (AvgIpc) is 2.77. The minimum Gasteiger partial charge on any atom is -0.454 e. The van der Waals surface area contributed by atoms with Crippen LogP contribution in [0.15, 0.2) is 12.1 Å². The van der Waals surface area contributed by atoms with Crippen molar-refractivity contribution in [3.63, 3.8) is 0 Å². The Balaban J connectivity index is 2.24. The van der Waals surface area contributed by atoms with E-state index in [2.05, 4.69) is 18.3 Å². The van der Waals surface area contributed by atoms with Gasteiger partial charge in [0.05, 0.1) is 0 Å². The van der Waals surface area contributed by atoms with Gasteiger partial charge in [0.1, 0.15) is 0 Å². The quantitative estimate of drug-likeness (QED) is 0.817. The Hall–Kier alpha value is -1.26. The minimum absolute atomic E-state index is 0.325. The van der Waals surface area contributed by atoms with E-state index in [1.807, 2.05) is 13.1 Å². The zero-order chi connectivity index (χ0) is 12.3. The Labute approximate surface area is 102 Å². The van der Waals surface area contributed by atoms with E-state index in [0.29, 0.717) is 12.8 Å². The van der Waals surface area contributed by atoms with E-state index < -0.39 is 0 Å². The van der Waals surface area contributed by atoms with Crippen molar-refractivity contribution in [1.82, 2.24) is 5.32 Å². The fourth-order valence-electron chi connectivity index (χ4n) is 2.21. The van der Waals surface area contributed by atoms with Crippen LogP contribution in [-0.4, -0.2) is 20.4 Å². The summed E-state index contributed by atoms with van der Waals surface area (Å²) < 4.78 is 10.8. The summed E-state index contributed by atoms with van der Waals surface area (Å²) in [6.07, 6.45) is 2.05. The van der Waals surface area contributed by atoms with E-state index in [1.165, 1.54) is 11.1 Å². The molecule has 0 spiro atoms. The van der Waals surface area contributed by atoms with Crippen LogP contribution in [0, 0.1) is 6.92 Å². The molecule has 0 bridgehead atoms. The van der Waals surface area contributed by atoms with Crippen molar-refractivity contribution < 1.29 is 9.47 Å². The predicted octanol–water partition coefficient (Wildman–Crippen LogP) is 1.72. The maximum absolute atomic E-state index is 5.57. The second kappa shape index (κ2) is 5.38. The molecule has 2 rings (SSSR count). The van der Waals surface area contributed by atoms with E-state index in [9.17, 15) is 0 Å². The Bertz CT molecular complexity index is 393. The number of nitrogens with one attached hydrogen (secondary N) is 1. The van der Waals surface area contributed by atoms with Gasteiger partial charge < -0.3 is 20.5 Å². The lowest BCUT2D eigenvalue weighted by Crippen LogP contribution is -2.18. The highest BCUT2D eigenvalue weighted by molar-refractivity contribution is 5.49. The van der Waals surface area contributed by atoms with Crippen molar-refractivity contribution in [2.24, 2.45) is 5.73 Å². The number of aryl methyl sites for hydroxylation is 1. The molecule has 3 N–H and O–H groups in total. The summed E-state index contributed by atoms with van der Waals surface area (Å²) in [5, 5.41) is 3.33. The molecule has 0 aromatic heterocycles. The molecule has 0 radical (unpaired) electrons. The summed E-state index contributed by atoms with van der Waals surface area (Å²) >= 11 is 0. The molecule has 0 aliphatic carbocycles. The summed E-state index contributed by atoms with van der Waals surface area (Å²) in [6, 6.07) is 4.45. The first-order valence-corrected chi connectivity index (χ1v) is 6.03. The van der Waals surface area contributed by atoms with Gasteiger partial charge in [0.25, 0.3) is 0 Å². The van der Waals surface area contributed by atoms with Crippen LogP contribution >= 0.6 is 0 Å². The van der Waals surface area contributed by atoms with Crippen molar-refractivity contribution >= 4 is 0 Å². The number of benzene rings is 1. The molecule has 17 heavy (non-hydrogen) atoms. The van der Waals surface area contributed by atoms with Gasteiger partial charge >= 0.3 is 0 Å². The summed E-state index contributed by atoms with van der Waals surface area (Å²) in [5.41, 5.74) is 8.06. The lowest BCUT2D eigenvalue weighted by Gasteiger charge is -2.19. The highest BCUT2D eigenvalue weighted by Crippen LogP contribution is 2.37. The molecule has 94 valence electrons. The van der Waals surface area contributed by atoms with Gasteiger partial charge in [-0.25, -0.2) is 0 Å². The molecule has 0 saturated heterocycles. The summed E-state index contributed by atoms with van der Waals surface area (Å²) in [5.74, 6) is 1.69. The maximum Gasteiger partial charge on any atom is 0.231 e. The zero-order valence-electron chi connectivity index (χ0n) is 10.5. The fraction of sp³-hybridized carbons (Fsp3) is 0.538. The molecule has 1 heterocycles. The molecule has 1 unspecified atom stereocenters. The van der Waals surface area contributed by atoms with E-state index in [0.717, 1.165) is 30.9 Å². The third-order valence-electron chi connectivity index (χ3n) is 3.18. The second-order valence-corrected chi connectivity index (χ2v) is 4.33. The number of rotatable bonds is 5. The van der Waals surface area contributed by atoms with Crippen molar-refractivity contribution in [1.29, 1.82) is 0 Å². The normalized spacial score (nSPS) is 15.0. The number of hydrogen-bond donors (Lipinski definition) is 2. The molecule has 4 nitrogen and oxygen atoms in total. The van der Waals surface area contributed by atoms with E-state index >= 15 is 0 Å². The van der Waals surface area contributed by atoms with E-state index in [4.69, 9.17) is 15.2 Å². The van der Waals surface area contributed by atoms with Crippen molar-refractivity contribution in [2.75, 3.05) is 20.4 Å². The topological polar surface area (TPSA) is 56.5 Å². The third kappa shape index (κ3) is 2.53. The zero-order valence-corrected chi connectivity index (χ0v) is 10.5. The van der Waals surface area contributed by atoms with Crippen molar-refractivity contribution in [3.8, 4) is 11.5 Å². The monoisotopic (exact) mass is 236 g/mol. The second-order valence-electron chi connectivity index (χ2n) is 4.33. The van der Waals surface area contributed by atoms with E-state index in [1.54, 1.807) is 0 Å². The number of nitrogens with two attached hydrogens (primary N) is 1. The lowest BCUT2D eigenvalue weighted by atomic mass is 9.97. The number of hydrogen-bond acceptors (Lipinski definition) is 4. The SMILES string of the molecule is CNC(CCCN)c1cc2c(cc1C)OCO2. The van der Waals surface area contributed by atoms with Crippen LogP contribution in [0.4, 0.5) is 0 Å². The van der Waals surface area contributed by atoms with Gasteiger partial charge in [0.15, 0.2) is 11.5 Å². The van der Waals surface area contributed by atoms with Crippen LogP contribution in [0.1, 0.15) is 30.0 Å². The van der Waals surface area contributed by atoms with Crippen LogP contribution in [0.2, 0.25) is 0 Å². The summed E-state index contributed by atoms with van der Waals surface area (Å²) in [7, 11) is 1.98. The standard InChI is InChI=1S/C13H20N2O2/c1-9-6-12-13(17-8-16-12)7-10(9)11(15-2)4-3-5-14/h6-7,11,15H,3-5,8,14H2,1-2H3. The molecule has 0 fully saturated rings. The lowest BCUT2D eigenvalue weighted by molar-refractivity contribution is 0.174. The molecule has 1 atom stereocenters. The van der Waals surface area contributed by atoms with E-state index in [-0.39, 0.29) is 0 Å². The van der Waals surface area contributed by atoms with Gasteiger partial charge in [-0.2, -0.15) is 0 Å². The Morgan fingerprint density at radius 1 is 1.35 bits per heavy atom. The van der Waals surface area contributed by atoms with Gasteiger partial charge in [-0.05, 0) is 56.6 Å². The molecule has 4 heteroatoms. The maximum atomic E-state index is 5.57. The molecule has 1 aromatic carbocycles.